The molecule has 1 aromatic rings. The third-order valence-electron chi connectivity index (χ3n) is 1.02. The maximum atomic E-state index is 6.93. The van der Waals surface area contributed by atoms with E-state index in [1.165, 1.54) is 0 Å². The monoisotopic (exact) mass is 267 g/mol. The standard InChI is InChI=1S/C7H6Br2O/c1-10-7-5(8)3-2-4-6(7)9/h2-4H,1H3/i1D3. The lowest BCUT2D eigenvalue weighted by Gasteiger charge is -2.03. The second-order valence-electron chi connectivity index (χ2n) is 1.65. The fraction of sp³-hybridized carbons (Fsp3) is 0.143. The zero-order valence-corrected chi connectivity index (χ0v) is 8.07. The molecule has 0 saturated carbocycles. The van der Waals surface area contributed by atoms with Crippen molar-refractivity contribution >= 4 is 31.9 Å². The van der Waals surface area contributed by atoms with E-state index in [9.17, 15) is 0 Å². The number of methoxy groups -OCH3 is 1. The summed E-state index contributed by atoms with van der Waals surface area (Å²) in [6.45, 7) is 0. The average molecular weight is 269 g/mol. The van der Waals surface area contributed by atoms with Crippen LogP contribution in [0.2, 0.25) is 0 Å². The molecule has 0 bridgehead atoms. The van der Waals surface area contributed by atoms with Crippen LogP contribution in [0.1, 0.15) is 4.11 Å². The van der Waals surface area contributed by atoms with Gasteiger partial charge in [-0.15, -0.1) is 0 Å². The Morgan fingerprint density at radius 2 is 2.00 bits per heavy atom. The van der Waals surface area contributed by atoms with Gasteiger partial charge in [-0.1, -0.05) is 6.07 Å². The molecule has 0 spiro atoms. The van der Waals surface area contributed by atoms with Crippen molar-refractivity contribution in [3.05, 3.63) is 27.1 Å². The maximum Gasteiger partial charge on any atom is 0.147 e. The molecule has 0 fully saturated rings. The van der Waals surface area contributed by atoms with Gasteiger partial charge in [0.25, 0.3) is 0 Å². The fourth-order valence-electron chi connectivity index (χ4n) is 0.580. The largest absolute Gasteiger partial charge is 0.494 e. The third kappa shape index (κ3) is 1.52. The Balaban J connectivity index is 3.00. The Bertz CT molecular complexity index is 291. The molecule has 1 nitrogen and oxygen atoms in total. The molecule has 1 aromatic carbocycles. The van der Waals surface area contributed by atoms with Crippen molar-refractivity contribution in [1.82, 2.24) is 0 Å². The highest BCUT2D eigenvalue weighted by molar-refractivity contribution is 9.11. The van der Waals surface area contributed by atoms with Crippen LogP contribution in [0.4, 0.5) is 0 Å². The Hall–Kier alpha value is -0.0200. The Morgan fingerprint density at radius 3 is 2.50 bits per heavy atom. The van der Waals surface area contributed by atoms with Crippen molar-refractivity contribution in [1.29, 1.82) is 0 Å². The molecular formula is C7H6Br2O. The number of para-hydroxylation sites is 1. The Labute approximate surface area is 80.9 Å². The van der Waals surface area contributed by atoms with Crippen LogP contribution in [0.5, 0.6) is 5.75 Å². The number of hydrogen-bond acceptors (Lipinski definition) is 1. The quantitative estimate of drug-likeness (QED) is 0.760. The van der Waals surface area contributed by atoms with Crippen molar-refractivity contribution in [3.63, 3.8) is 0 Å². The van der Waals surface area contributed by atoms with Gasteiger partial charge in [-0.05, 0) is 44.0 Å². The van der Waals surface area contributed by atoms with E-state index in [-0.39, 0.29) is 0 Å². The van der Waals surface area contributed by atoms with Gasteiger partial charge in [0.05, 0.1) is 20.1 Å². The van der Waals surface area contributed by atoms with Gasteiger partial charge >= 0.3 is 0 Å². The first-order chi connectivity index (χ1) is 5.90. The van der Waals surface area contributed by atoms with Gasteiger partial charge in [0.1, 0.15) is 5.75 Å². The predicted molar refractivity (Wildman–Crippen MR) is 48.4 cm³/mol. The molecule has 0 radical (unpaired) electrons. The van der Waals surface area contributed by atoms with Gasteiger partial charge in [0.15, 0.2) is 0 Å². The van der Waals surface area contributed by atoms with E-state index in [0.29, 0.717) is 14.7 Å². The zero-order valence-electron chi connectivity index (χ0n) is 7.90. The van der Waals surface area contributed by atoms with Gasteiger partial charge in [0, 0.05) is 0 Å². The summed E-state index contributed by atoms with van der Waals surface area (Å²) in [6.07, 6.45) is 0. The summed E-state index contributed by atoms with van der Waals surface area (Å²) in [5, 5.41) is 0. The molecule has 0 heterocycles. The molecule has 10 heavy (non-hydrogen) atoms. The first kappa shape index (κ1) is 4.78. The second-order valence-corrected chi connectivity index (χ2v) is 3.36. The SMILES string of the molecule is [2H]C([2H])([2H])Oc1c(Br)cccc1Br. The number of ether oxygens (including phenoxy) is 1. The summed E-state index contributed by atoms with van der Waals surface area (Å²) in [4.78, 5) is 0. The smallest absolute Gasteiger partial charge is 0.147 e. The maximum absolute atomic E-state index is 6.93. The molecule has 0 amide bonds. The van der Waals surface area contributed by atoms with Crippen LogP contribution in [0.15, 0.2) is 27.1 Å². The first-order valence-electron chi connectivity index (χ1n) is 4.03. The molecule has 0 aliphatic carbocycles. The number of halogens is 2. The van der Waals surface area contributed by atoms with Crippen molar-refractivity contribution in [2.75, 3.05) is 7.04 Å². The average Bonchev–Trinajstić information content (AvgIpc) is 1.95. The highest BCUT2D eigenvalue weighted by Gasteiger charge is 2.01. The Kier molecular flexibility index (Phi) is 1.62. The summed E-state index contributed by atoms with van der Waals surface area (Å²) in [6, 6.07) is 5.21. The van der Waals surface area contributed by atoms with E-state index >= 15 is 0 Å². The van der Waals surface area contributed by atoms with Crippen LogP contribution in [0, 0.1) is 0 Å². The molecule has 0 aromatic heterocycles. The van der Waals surface area contributed by atoms with Gasteiger partial charge in [-0.3, -0.25) is 0 Å². The van der Waals surface area contributed by atoms with Crippen LogP contribution in [-0.2, 0) is 0 Å². The van der Waals surface area contributed by atoms with Crippen LogP contribution in [-0.4, -0.2) is 7.04 Å². The van der Waals surface area contributed by atoms with E-state index in [1.807, 2.05) is 0 Å². The summed E-state index contributed by atoms with van der Waals surface area (Å²) in [5.41, 5.74) is 0. The molecule has 3 heteroatoms. The summed E-state index contributed by atoms with van der Waals surface area (Å²) in [7, 11) is -2.42. The molecule has 0 aliphatic rings. The van der Waals surface area contributed by atoms with Crippen LogP contribution in [0.3, 0.4) is 0 Å². The first-order valence-corrected chi connectivity index (χ1v) is 4.12. The molecular weight excluding hydrogens is 260 g/mol. The van der Waals surface area contributed by atoms with E-state index in [2.05, 4.69) is 31.9 Å². The number of benzene rings is 1. The molecule has 1 rings (SSSR count). The lowest BCUT2D eigenvalue weighted by molar-refractivity contribution is 0.409. The molecule has 54 valence electrons. The summed E-state index contributed by atoms with van der Waals surface area (Å²) in [5.74, 6) is 0.294. The number of hydrogen-bond donors (Lipinski definition) is 0. The zero-order chi connectivity index (χ0) is 10.1. The predicted octanol–water partition coefficient (Wildman–Crippen LogP) is 3.22. The van der Waals surface area contributed by atoms with Crippen LogP contribution < -0.4 is 4.74 Å². The van der Waals surface area contributed by atoms with E-state index in [1.54, 1.807) is 18.2 Å². The molecule has 0 saturated heterocycles. The summed E-state index contributed by atoms with van der Waals surface area (Å²) >= 11 is 6.39. The van der Waals surface area contributed by atoms with Gasteiger partial charge in [-0.2, -0.15) is 0 Å². The van der Waals surface area contributed by atoms with Crippen molar-refractivity contribution < 1.29 is 8.85 Å². The number of rotatable bonds is 1. The minimum Gasteiger partial charge on any atom is -0.494 e. The topological polar surface area (TPSA) is 9.23 Å². The van der Waals surface area contributed by atoms with Crippen LogP contribution in [0.25, 0.3) is 0 Å². The van der Waals surface area contributed by atoms with Crippen molar-refractivity contribution in [2.45, 2.75) is 0 Å². The fourth-order valence-corrected chi connectivity index (χ4v) is 1.74. The summed E-state index contributed by atoms with van der Waals surface area (Å²) < 4.78 is 26.8. The lowest BCUT2D eigenvalue weighted by atomic mass is 10.3. The van der Waals surface area contributed by atoms with E-state index < -0.39 is 7.04 Å². The Morgan fingerprint density at radius 1 is 1.40 bits per heavy atom. The van der Waals surface area contributed by atoms with E-state index in [4.69, 9.17) is 8.85 Å². The lowest BCUT2D eigenvalue weighted by Crippen LogP contribution is -1.84. The van der Waals surface area contributed by atoms with Crippen LogP contribution >= 0.6 is 31.9 Å². The molecule has 0 atom stereocenters. The normalized spacial score (nSPS) is 15.2. The van der Waals surface area contributed by atoms with E-state index in [0.717, 1.165) is 0 Å². The van der Waals surface area contributed by atoms with Gasteiger partial charge < -0.3 is 4.74 Å². The molecule has 0 N–H and O–H groups in total. The minimum absolute atomic E-state index is 0.294. The van der Waals surface area contributed by atoms with Crippen molar-refractivity contribution in [2.24, 2.45) is 0 Å². The van der Waals surface area contributed by atoms with Gasteiger partial charge in [0.2, 0.25) is 0 Å². The molecule has 0 aliphatic heterocycles. The van der Waals surface area contributed by atoms with Crippen molar-refractivity contribution in [3.8, 4) is 5.75 Å². The third-order valence-corrected chi connectivity index (χ3v) is 2.27. The second kappa shape index (κ2) is 3.39. The van der Waals surface area contributed by atoms with Gasteiger partial charge in [-0.25, -0.2) is 0 Å². The highest BCUT2D eigenvalue weighted by Crippen LogP contribution is 2.32. The minimum atomic E-state index is -2.42. The highest BCUT2D eigenvalue weighted by atomic mass is 79.9. The molecule has 0 unspecified atom stereocenters.